The number of piperazine rings is 2. The number of hydrogen-bond donors (Lipinski definition) is 3. The highest BCUT2D eigenvalue weighted by Crippen LogP contribution is 2.49. The Labute approximate surface area is 216 Å². The summed E-state index contributed by atoms with van der Waals surface area (Å²) in [5.74, 6) is 0. The molecule has 0 saturated carbocycles. The lowest BCUT2D eigenvalue weighted by Gasteiger charge is -2.36. The molecule has 2 aromatic carbocycles. The van der Waals surface area contributed by atoms with Crippen LogP contribution in [0.1, 0.15) is 11.1 Å². The average Bonchev–Trinajstić information content (AvgIpc) is 2.82. The van der Waals surface area contributed by atoms with Gasteiger partial charge in [0.15, 0.2) is 0 Å². The lowest BCUT2D eigenvalue weighted by molar-refractivity contribution is 0.385. The lowest BCUT2D eigenvalue weighted by Crippen LogP contribution is -2.50. The highest BCUT2D eigenvalue weighted by molar-refractivity contribution is 7.99. The molecule has 0 radical (unpaired) electrons. The van der Waals surface area contributed by atoms with Crippen molar-refractivity contribution in [3.05, 3.63) is 35.4 Å². The van der Waals surface area contributed by atoms with Gasteiger partial charge >= 0.3 is 0 Å². The Bertz CT molecular complexity index is 1290. The summed E-state index contributed by atoms with van der Waals surface area (Å²) in [7, 11) is -7.33. The minimum Gasteiger partial charge on any atom is -0.369 e. The predicted octanol–water partition coefficient (Wildman–Crippen LogP) is 1.16. The predicted molar refractivity (Wildman–Crippen MR) is 144 cm³/mol. The van der Waals surface area contributed by atoms with E-state index in [1.165, 1.54) is 8.61 Å². The molecule has 5 N–H and O–H groups in total. The Morgan fingerprint density at radius 1 is 0.667 bits per heavy atom. The molecular formula is C22H31N7O4S3. The van der Waals surface area contributed by atoms with Gasteiger partial charge in [-0.2, -0.15) is 25.4 Å². The van der Waals surface area contributed by atoms with Crippen LogP contribution in [0.5, 0.6) is 0 Å². The van der Waals surface area contributed by atoms with Crippen molar-refractivity contribution in [1.82, 2.24) is 8.61 Å². The van der Waals surface area contributed by atoms with Gasteiger partial charge < -0.3 is 15.1 Å². The normalized spacial score (nSPS) is 19.6. The Kier molecular flexibility index (Phi) is 6.64. The van der Waals surface area contributed by atoms with Crippen LogP contribution in [0.15, 0.2) is 34.1 Å². The maximum atomic E-state index is 11.7. The third-order valence-electron chi connectivity index (χ3n) is 6.97. The summed E-state index contributed by atoms with van der Waals surface area (Å²) >= 11 is 1.71. The monoisotopic (exact) mass is 553 g/mol. The Balaban J connectivity index is 1.36. The number of benzene rings is 2. The van der Waals surface area contributed by atoms with Crippen molar-refractivity contribution in [3.8, 4) is 0 Å². The molecule has 2 saturated heterocycles. The molecule has 0 amide bonds. The summed E-state index contributed by atoms with van der Waals surface area (Å²) in [5, 5.41) is 14.2. The number of anilines is 4. The minimum absolute atomic E-state index is 0.366. The van der Waals surface area contributed by atoms with E-state index in [2.05, 4.69) is 53.2 Å². The molecule has 0 bridgehead atoms. The molecule has 3 aliphatic heterocycles. The SMILES string of the molecule is Cc1cc(N2CCN(S(N)(=O)=O)CC2)cc2c1Nc1c(C)cc(N3CCN(S(N)(=O)=O)CC3)cc1S2. The molecule has 3 aliphatic rings. The van der Waals surface area contributed by atoms with E-state index in [0.717, 1.165) is 43.7 Å². The van der Waals surface area contributed by atoms with Crippen molar-refractivity contribution in [2.24, 2.45) is 10.3 Å². The van der Waals surface area contributed by atoms with E-state index in [1.807, 2.05) is 0 Å². The van der Waals surface area contributed by atoms with E-state index < -0.39 is 20.4 Å². The first-order chi connectivity index (χ1) is 16.9. The van der Waals surface area contributed by atoms with E-state index in [4.69, 9.17) is 10.3 Å². The van der Waals surface area contributed by atoms with Crippen LogP contribution >= 0.6 is 11.8 Å². The molecule has 0 aliphatic carbocycles. The van der Waals surface area contributed by atoms with E-state index >= 15 is 0 Å². The van der Waals surface area contributed by atoms with Crippen LogP contribution < -0.4 is 25.4 Å². The van der Waals surface area contributed by atoms with Crippen molar-refractivity contribution in [2.45, 2.75) is 23.6 Å². The van der Waals surface area contributed by atoms with Gasteiger partial charge in [0.05, 0.1) is 11.4 Å². The second kappa shape index (κ2) is 9.35. The topological polar surface area (TPSA) is 145 Å². The number of nitrogens with zero attached hydrogens (tertiary/aromatic N) is 4. The van der Waals surface area contributed by atoms with Gasteiger partial charge in [-0.1, -0.05) is 11.8 Å². The Morgan fingerprint density at radius 2 is 1.03 bits per heavy atom. The molecule has 0 aromatic heterocycles. The molecule has 2 fully saturated rings. The number of fused-ring (bicyclic) bond motifs is 2. The Hall–Kier alpha value is -2.07. The first-order valence-corrected chi connectivity index (χ1v) is 15.5. The molecule has 0 spiro atoms. The largest absolute Gasteiger partial charge is 0.369 e. The summed E-state index contributed by atoms with van der Waals surface area (Å²) < 4.78 is 49.3. The van der Waals surface area contributed by atoms with Crippen molar-refractivity contribution in [1.29, 1.82) is 0 Å². The van der Waals surface area contributed by atoms with Crippen molar-refractivity contribution in [2.75, 3.05) is 67.5 Å². The standard InChI is InChI=1S/C22H31N7O4S3/c1-15-11-17(26-3-7-28(8-4-26)35(23,30)31)13-19-21(15)25-22-16(2)12-18(14-20(22)34-19)27-5-9-29(10-6-27)36(24,32)33/h11-14,25H,3-10H2,1-2H3,(H2,23,30,31)(H2,24,32,33). The molecule has 36 heavy (non-hydrogen) atoms. The number of hydrogen-bond acceptors (Lipinski definition) is 8. The van der Waals surface area contributed by atoms with Crippen LogP contribution in [-0.4, -0.2) is 77.8 Å². The van der Waals surface area contributed by atoms with Crippen LogP contribution in [0.25, 0.3) is 0 Å². The fourth-order valence-corrected chi connectivity index (χ4v) is 7.53. The van der Waals surface area contributed by atoms with Crippen LogP contribution in [0, 0.1) is 13.8 Å². The Morgan fingerprint density at radius 3 is 1.36 bits per heavy atom. The molecule has 3 heterocycles. The third kappa shape index (κ3) is 5.03. The van der Waals surface area contributed by atoms with E-state index in [0.29, 0.717) is 52.4 Å². The van der Waals surface area contributed by atoms with E-state index in [1.54, 1.807) is 11.8 Å². The van der Waals surface area contributed by atoms with Crippen molar-refractivity contribution in [3.63, 3.8) is 0 Å². The van der Waals surface area contributed by atoms with Gasteiger partial charge in [-0.3, -0.25) is 0 Å². The molecule has 0 atom stereocenters. The molecule has 14 heteroatoms. The highest BCUT2D eigenvalue weighted by Gasteiger charge is 2.28. The fourth-order valence-electron chi connectivity index (χ4n) is 4.96. The molecule has 0 unspecified atom stereocenters. The van der Waals surface area contributed by atoms with E-state index in [9.17, 15) is 16.8 Å². The molecule has 2 aromatic rings. The molecule has 11 nitrogen and oxygen atoms in total. The number of nitrogens with two attached hydrogens (primary N) is 2. The summed E-state index contributed by atoms with van der Waals surface area (Å²) in [6.07, 6.45) is 0. The first-order valence-electron chi connectivity index (χ1n) is 11.7. The van der Waals surface area contributed by atoms with Gasteiger partial charge in [-0.05, 0) is 49.2 Å². The zero-order chi connectivity index (χ0) is 25.8. The molecule has 5 rings (SSSR count). The van der Waals surface area contributed by atoms with Crippen LogP contribution in [0.3, 0.4) is 0 Å². The van der Waals surface area contributed by atoms with Crippen molar-refractivity contribution < 1.29 is 16.8 Å². The van der Waals surface area contributed by atoms with Crippen LogP contribution in [-0.2, 0) is 20.4 Å². The van der Waals surface area contributed by atoms with Gasteiger partial charge in [0.25, 0.3) is 20.4 Å². The fraction of sp³-hybridized carbons (Fsp3) is 0.455. The van der Waals surface area contributed by atoms with Gasteiger partial charge in [-0.15, -0.1) is 0 Å². The molecule has 196 valence electrons. The first kappa shape index (κ1) is 25.6. The maximum Gasteiger partial charge on any atom is 0.277 e. The van der Waals surface area contributed by atoms with Gasteiger partial charge in [-0.25, -0.2) is 10.3 Å². The van der Waals surface area contributed by atoms with Gasteiger partial charge in [0, 0.05) is 73.5 Å². The summed E-state index contributed by atoms with van der Waals surface area (Å²) in [5.41, 5.74) is 6.53. The van der Waals surface area contributed by atoms with Crippen molar-refractivity contribution >= 4 is 54.9 Å². The smallest absolute Gasteiger partial charge is 0.277 e. The summed E-state index contributed by atoms with van der Waals surface area (Å²) in [6.45, 7) is 7.94. The second-order valence-electron chi connectivity index (χ2n) is 9.36. The summed E-state index contributed by atoms with van der Waals surface area (Å²) in [4.78, 5) is 6.61. The van der Waals surface area contributed by atoms with Crippen LogP contribution in [0.2, 0.25) is 0 Å². The summed E-state index contributed by atoms with van der Waals surface area (Å²) in [6, 6.07) is 8.59. The maximum absolute atomic E-state index is 11.7. The van der Waals surface area contributed by atoms with Crippen LogP contribution in [0.4, 0.5) is 22.7 Å². The third-order valence-corrected chi connectivity index (χ3v) is 10.2. The van der Waals surface area contributed by atoms with Gasteiger partial charge in [0.1, 0.15) is 0 Å². The number of aryl methyl sites for hydroxylation is 2. The number of rotatable bonds is 4. The quantitative estimate of drug-likeness (QED) is 0.437. The zero-order valence-electron chi connectivity index (χ0n) is 20.3. The highest BCUT2D eigenvalue weighted by atomic mass is 32.2. The van der Waals surface area contributed by atoms with Gasteiger partial charge in [0.2, 0.25) is 0 Å². The minimum atomic E-state index is -3.67. The van der Waals surface area contributed by atoms with E-state index in [-0.39, 0.29) is 0 Å². The zero-order valence-corrected chi connectivity index (χ0v) is 22.7. The lowest BCUT2D eigenvalue weighted by atomic mass is 10.1. The number of nitrogens with one attached hydrogen (secondary N) is 1. The average molecular weight is 554 g/mol. The molecular weight excluding hydrogens is 522 g/mol. The second-order valence-corrected chi connectivity index (χ2v) is 13.5.